The van der Waals surface area contributed by atoms with E-state index in [1.807, 2.05) is 11.8 Å². The van der Waals surface area contributed by atoms with E-state index in [1.165, 1.54) is 0 Å². The first-order chi connectivity index (χ1) is 6.27. The molecule has 1 heterocycles. The van der Waals surface area contributed by atoms with E-state index < -0.39 is 0 Å². The summed E-state index contributed by atoms with van der Waals surface area (Å²) in [6.07, 6.45) is 1.04. The molecule has 1 aliphatic rings. The highest BCUT2D eigenvalue weighted by molar-refractivity contribution is 6.27. The Bertz CT molecular complexity index is 175. The first-order valence-electron chi connectivity index (χ1n) is 4.69. The van der Waals surface area contributed by atoms with E-state index in [9.17, 15) is 4.79 Å². The van der Waals surface area contributed by atoms with Crippen molar-refractivity contribution in [3.05, 3.63) is 0 Å². The summed E-state index contributed by atoms with van der Waals surface area (Å²) < 4.78 is 5.31. The van der Waals surface area contributed by atoms with Crippen molar-refractivity contribution in [2.24, 2.45) is 5.92 Å². The predicted molar refractivity (Wildman–Crippen MR) is 51.9 cm³/mol. The molecule has 1 amide bonds. The summed E-state index contributed by atoms with van der Waals surface area (Å²) in [5, 5.41) is 0. The summed E-state index contributed by atoms with van der Waals surface area (Å²) in [5.41, 5.74) is 0. The summed E-state index contributed by atoms with van der Waals surface area (Å²) in [7, 11) is 0. The van der Waals surface area contributed by atoms with E-state index in [1.54, 1.807) is 0 Å². The highest BCUT2D eigenvalue weighted by Crippen LogP contribution is 2.16. The van der Waals surface area contributed by atoms with Gasteiger partial charge in [0.25, 0.3) is 0 Å². The number of hydrogen-bond donors (Lipinski definition) is 0. The van der Waals surface area contributed by atoms with Gasteiger partial charge >= 0.3 is 0 Å². The van der Waals surface area contributed by atoms with Gasteiger partial charge in [-0.25, -0.2) is 0 Å². The van der Waals surface area contributed by atoms with Crippen LogP contribution in [0.25, 0.3) is 0 Å². The van der Waals surface area contributed by atoms with Crippen molar-refractivity contribution in [2.75, 3.05) is 32.2 Å². The molecule has 76 valence electrons. The molecule has 0 radical (unpaired) electrons. The van der Waals surface area contributed by atoms with E-state index in [2.05, 4.69) is 0 Å². The van der Waals surface area contributed by atoms with E-state index in [4.69, 9.17) is 16.3 Å². The normalized spacial score (nSPS) is 22.3. The van der Waals surface area contributed by atoms with Crippen LogP contribution < -0.4 is 0 Å². The fourth-order valence-electron chi connectivity index (χ4n) is 1.56. The van der Waals surface area contributed by atoms with Crippen LogP contribution in [-0.4, -0.2) is 43.0 Å². The number of amides is 1. The van der Waals surface area contributed by atoms with Gasteiger partial charge in [-0.15, -0.1) is 11.6 Å². The van der Waals surface area contributed by atoms with Gasteiger partial charge in [0.15, 0.2) is 0 Å². The maximum absolute atomic E-state index is 11.2. The van der Waals surface area contributed by atoms with Gasteiger partial charge in [0.05, 0.1) is 6.61 Å². The Hall–Kier alpha value is -0.280. The number of halogens is 1. The Balaban J connectivity index is 2.23. The van der Waals surface area contributed by atoms with Crippen molar-refractivity contribution < 1.29 is 9.53 Å². The van der Waals surface area contributed by atoms with Gasteiger partial charge in [-0.1, -0.05) is 0 Å². The van der Waals surface area contributed by atoms with Gasteiger partial charge in [-0.2, -0.15) is 0 Å². The zero-order valence-corrected chi connectivity index (χ0v) is 8.72. The van der Waals surface area contributed by atoms with Crippen LogP contribution in [0.4, 0.5) is 0 Å². The number of likely N-dealkylation sites (tertiary alicyclic amines) is 1. The van der Waals surface area contributed by atoms with Crippen molar-refractivity contribution in [3.8, 4) is 0 Å². The van der Waals surface area contributed by atoms with Crippen molar-refractivity contribution >= 4 is 17.5 Å². The molecular weight excluding hydrogens is 190 g/mol. The lowest BCUT2D eigenvalue weighted by Crippen LogP contribution is -2.30. The lowest BCUT2D eigenvalue weighted by molar-refractivity contribution is -0.127. The Labute approximate surface area is 84.0 Å². The fraction of sp³-hybridized carbons (Fsp3) is 0.889. The minimum atomic E-state index is 0.0423. The molecule has 1 saturated heterocycles. The largest absolute Gasteiger partial charge is 0.381 e. The molecular formula is C9H16ClNO2. The van der Waals surface area contributed by atoms with Crippen molar-refractivity contribution in [1.82, 2.24) is 4.90 Å². The molecule has 3 nitrogen and oxygen atoms in total. The molecule has 13 heavy (non-hydrogen) atoms. The van der Waals surface area contributed by atoms with Gasteiger partial charge in [-0.3, -0.25) is 4.79 Å². The summed E-state index contributed by atoms with van der Waals surface area (Å²) in [6.45, 7) is 5.15. The first kappa shape index (κ1) is 10.8. The van der Waals surface area contributed by atoms with Crippen LogP contribution >= 0.6 is 11.6 Å². The number of rotatable bonds is 4. The molecule has 0 N–H and O–H groups in total. The average molecular weight is 206 g/mol. The van der Waals surface area contributed by atoms with Crippen molar-refractivity contribution in [1.29, 1.82) is 0 Å². The van der Waals surface area contributed by atoms with Gasteiger partial charge in [0.1, 0.15) is 5.88 Å². The van der Waals surface area contributed by atoms with Crippen LogP contribution in [0.3, 0.4) is 0 Å². The van der Waals surface area contributed by atoms with Crippen LogP contribution in [0.1, 0.15) is 13.3 Å². The molecule has 1 atom stereocenters. The minimum absolute atomic E-state index is 0.0423. The second kappa shape index (κ2) is 5.45. The zero-order chi connectivity index (χ0) is 9.68. The van der Waals surface area contributed by atoms with Crippen LogP contribution in [-0.2, 0) is 9.53 Å². The molecule has 0 aliphatic carbocycles. The Morgan fingerprint density at radius 3 is 3.08 bits per heavy atom. The number of carbonyl (C=O) groups excluding carboxylic acids is 1. The summed E-state index contributed by atoms with van der Waals surface area (Å²) in [4.78, 5) is 13.0. The third kappa shape index (κ3) is 3.16. The Morgan fingerprint density at radius 2 is 2.46 bits per heavy atom. The lowest BCUT2D eigenvalue weighted by Gasteiger charge is -2.14. The maximum Gasteiger partial charge on any atom is 0.237 e. The first-order valence-corrected chi connectivity index (χ1v) is 5.22. The molecule has 0 bridgehead atoms. The topological polar surface area (TPSA) is 29.5 Å². The minimum Gasteiger partial charge on any atom is -0.381 e. The molecule has 1 rings (SSSR count). The van der Waals surface area contributed by atoms with Gasteiger partial charge < -0.3 is 9.64 Å². The van der Waals surface area contributed by atoms with E-state index in [-0.39, 0.29) is 11.8 Å². The van der Waals surface area contributed by atoms with Crippen molar-refractivity contribution in [2.45, 2.75) is 13.3 Å². The second-order valence-electron chi connectivity index (χ2n) is 3.29. The lowest BCUT2D eigenvalue weighted by atomic mass is 10.1. The number of hydrogen-bond acceptors (Lipinski definition) is 2. The van der Waals surface area contributed by atoms with Gasteiger partial charge in [0, 0.05) is 25.6 Å². The van der Waals surface area contributed by atoms with E-state index in [0.717, 1.165) is 32.7 Å². The standard InChI is InChI=1S/C9H16ClNO2/c1-2-13-7-8-3-4-11(6-8)9(12)5-10/h8H,2-7H2,1H3. The third-order valence-electron chi connectivity index (χ3n) is 2.31. The molecule has 0 aromatic rings. The molecule has 4 heteroatoms. The van der Waals surface area contributed by atoms with Crippen LogP contribution in [0, 0.1) is 5.92 Å². The number of ether oxygens (including phenoxy) is 1. The zero-order valence-electron chi connectivity index (χ0n) is 7.96. The molecule has 0 spiro atoms. The Kier molecular flexibility index (Phi) is 4.53. The summed E-state index contributed by atoms with van der Waals surface area (Å²) >= 11 is 5.46. The summed E-state index contributed by atoms with van der Waals surface area (Å²) in [5.74, 6) is 0.647. The van der Waals surface area contributed by atoms with E-state index >= 15 is 0 Å². The van der Waals surface area contributed by atoms with Crippen molar-refractivity contribution in [3.63, 3.8) is 0 Å². The van der Waals surface area contributed by atoms with Gasteiger partial charge in [0.2, 0.25) is 5.91 Å². The Morgan fingerprint density at radius 1 is 1.69 bits per heavy atom. The van der Waals surface area contributed by atoms with Crippen LogP contribution in [0.5, 0.6) is 0 Å². The monoisotopic (exact) mass is 205 g/mol. The van der Waals surface area contributed by atoms with Gasteiger partial charge in [-0.05, 0) is 13.3 Å². The fourth-order valence-corrected chi connectivity index (χ4v) is 1.73. The maximum atomic E-state index is 11.2. The third-order valence-corrected chi connectivity index (χ3v) is 2.54. The summed E-state index contributed by atoms with van der Waals surface area (Å²) in [6, 6.07) is 0. The number of nitrogens with zero attached hydrogens (tertiary/aromatic N) is 1. The van der Waals surface area contributed by atoms with Crippen LogP contribution in [0.2, 0.25) is 0 Å². The second-order valence-corrected chi connectivity index (χ2v) is 3.55. The molecule has 1 unspecified atom stereocenters. The molecule has 0 aromatic heterocycles. The smallest absolute Gasteiger partial charge is 0.237 e. The molecule has 1 fully saturated rings. The SMILES string of the molecule is CCOCC1CCN(C(=O)CCl)C1. The highest BCUT2D eigenvalue weighted by Gasteiger charge is 2.25. The van der Waals surface area contributed by atoms with Crippen LogP contribution in [0.15, 0.2) is 0 Å². The molecule has 1 aliphatic heterocycles. The van der Waals surface area contributed by atoms with E-state index in [0.29, 0.717) is 5.92 Å². The number of alkyl halides is 1. The quantitative estimate of drug-likeness (QED) is 0.644. The molecule has 0 aromatic carbocycles. The highest BCUT2D eigenvalue weighted by atomic mass is 35.5. The predicted octanol–water partition coefficient (Wildman–Crippen LogP) is 1.11. The average Bonchev–Trinajstić information content (AvgIpc) is 2.62. The molecule has 0 saturated carbocycles. The number of carbonyl (C=O) groups is 1.